The minimum Gasteiger partial charge on any atom is -0.280 e. The second-order valence-corrected chi connectivity index (χ2v) is 11.6. The standard InChI is InChI=1S/C21H10Cl2F3N3O2S3/c22-14-9-13(29-34(30,31)19-6-2-12(8-15(19)23)21(24,25)26)3-5-17(14)32-20-28-16-7-11(10-27)1-4-18(16)33-20/h1-9,29H. The molecule has 0 spiro atoms. The van der Waals surface area contributed by atoms with E-state index in [1.807, 2.05) is 6.07 Å². The van der Waals surface area contributed by atoms with Gasteiger partial charge in [-0.05, 0) is 54.6 Å². The van der Waals surface area contributed by atoms with E-state index in [4.69, 9.17) is 28.5 Å². The van der Waals surface area contributed by atoms with Crippen LogP contribution in [0.1, 0.15) is 11.1 Å². The average molecular weight is 560 g/mol. The van der Waals surface area contributed by atoms with E-state index in [1.165, 1.54) is 35.2 Å². The first-order valence-electron chi connectivity index (χ1n) is 9.14. The summed E-state index contributed by atoms with van der Waals surface area (Å²) in [6.07, 6.45) is -4.65. The fourth-order valence-corrected chi connectivity index (χ4v) is 6.76. The number of aromatic nitrogens is 1. The summed E-state index contributed by atoms with van der Waals surface area (Å²) in [6, 6.07) is 13.7. The van der Waals surface area contributed by atoms with Gasteiger partial charge in [0, 0.05) is 4.90 Å². The van der Waals surface area contributed by atoms with E-state index in [1.54, 1.807) is 18.2 Å². The Morgan fingerprint density at radius 1 is 1.03 bits per heavy atom. The molecule has 5 nitrogen and oxygen atoms in total. The third kappa shape index (κ3) is 5.26. The van der Waals surface area contributed by atoms with Gasteiger partial charge in [0.05, 0.1) is 43.1 Å². The summed E-state index contributed by atoms with van der Waals surface area (Å²) in [4.78, 5) is 4.59. The molecule has 0 aliphatic carbocycles. The van der Waals surface area contributed by atoms with Crippen molar-refractivity contribution in [3.05, 3.63) is 75.8 Å². The molecule has 0 saturated carbocycles. The lowest BCUT2D eigenvalue weighted by Gasteiger charge is -2.13. The lowest BCUT2D eigenvalue weighted by Crippen LogP contribution is -2.14. The number of benzene rings is 3. The summed E-state index contributed by atoms with van der Waals surface area (Å²) in [5.41, 5.74) is 0.227. The Labute approximate surface area is 210 Å². The highest BCUT2D eigenvalue weighted by molar-refractivity contribution is 8.01. The molecule has 1 N–H and O–H groups in total. The van der Waals surface area contributed by atoms with Gasteiger partial charge in [-0.3, -0.25) is 4.72 Å². The van der Waals surface area contributed by atoms with Crippen molar-refractivity contribution in [3.63, 3.8) is 0 Å². The second kappa shape index (κ2) is 9.28. The zero-order valence-corrected chi connectivity index (χ0v) is 20.5. The molecule has 0 radical (unpaired) electrons. The maximum Gasteiger partial charge on any atom is 0.416 e. The van der Waals surface area contributed by atoms with E-state index < -0.39 is 31.7 Å². The molecule has 0 aliphatic heterocycles. The number of hydrogen-bond acceptors (Lipinski definition) is 6. The molecule has 13 heteroatoms. The summed E-state index contributed by atoms with van der Waals surface area (Å²) in [5, 5.41) is 8.69. The molecular formula is C21H10Cl2F3N3O2S3. The van der Waals surface area contributed by atoms with Gasteiger partial charge >= 0.3 is 6.18 Å². The number of nitriles is 1. The first kappa shape index (κ1) is 24.6. The van der Waals surface area contributed by atoms with Crippen LogP contribution in [0.2, 0.25) is 10.0 Å². The fraction of sp³-hybridized carbons (Fsp3) is 0.0476. The first-order valence-corrected chi connectivity index (χ1v) is 13.0. The van der Waals surface area contributed by atoms with Gasteiger partial charge in [0.2, 0.25) is 0 Å². The normalized spacial score (nSPS) is 12.0. The number of hydrogen-bond donors (Lipinski definition) is 1. The quantitative estimate of drug-likeness (QED) is 0.274. The monoisotopic (exact) mass is 559 g/mol. The molecule has 4 rings (SSSR count). The van der Waals surface area contributed by atoms with Gasteiger partial charge in [0.1, 0.15) is 4.90 Å². The van der Waals surface area contributed by atoms with Gasteiger partial charge in [0.25, 0.3) is 10.0 Å². The van der Waals surface area contributed by atoms with E-state index >= 15 is 0 Å². The number of thiazole rings is 1. The van der Waals surface area contributed by atoms with E-state index in [9.17, 15) is 21.6 Å². The third-order valence-corrected chi connectivity index (χ3v) is 8.89. The van der Waals surface area contributed by atoms with Crippen LogP contribution in [-0.2, 0) is 16.2 Å². The predicted octanol–water partition coefficient (Wildman–Crippen LogP) is 7.45. The van der Waals surface area contributed by atoms with Crippen LogP contribution >= 0.6 is 46.3 Å². The maximum atomic E-state index is 12.8. The van der Waals surface area contributed by atoms with E-state index in [0.29, 0.717) is 32.4 Å². The molecule has 0 fully saturated rings. The highest BCUT2D eigenvalue weighted by Gasteiger charge is 2.32. The maximum absolute atomic E-state index is 12.8. The first-order chi connectivity index (χ1) is 16.0. The summed E-state index contributed by atoms with van der Waals surface area (Å²) in [7, 11) is -4.27. The molecule has 34 heavy (non-hydrogen) atoms. The van der Waals surface area contributed by atoms with Crippen molar-refractivity contribution in [1.82, 2.24) is 4.98 Å². The van der Waals surface area contributed by atoms with Crippen molar-refractivity contribution in [3.8, 4) is 6.07 Å². The Hall–Kier alpha value is -2.49. The summed E-state index contributed by atoms with van der Waals surface area (Å²) >= 11 is 14.8. The zero-order valence-electron chi connectivity index (χ0n) is 16.5. The van der Waals surface area contributed by atoms with Crippen molar-refractivity contribution in [2.45, 2.75) is 20.3 Å². The van der Waals surface area contributed by atoms with Crippen molar-refractivity contribution < 1.29 is 21.6 Å². The van der Waals surface area contributed by atoms with E-state index in [2.05, 4.69) is 15.8 Å². The molecular weight excluding hydrogens is 550 g/mol. The van der Waals surface area contributed by atoms with Gasteiger partial charge in [-0.2, -0.15) is 18.4 Å². The number of nitrogens with zero attached hydrogens (tertiary/aromatic N) is 2. The number of alkyl halides is 3. The molecule has 174 valence electrons. The predicted molar refractivity (Wildman–Crippen MR) is 127 cm³/mol. The van der Waals surface area contributed by atoms with Crippen molar-refractivity contribution in [2.75, 3.05) is 4.72 Å². The topological polar surface area (TPSA) is 82.9 Å². The SMILES string of the molecule is N#Cc1ccc2sc(Sc3ccc(NS(=O)(=O)c4ccc(C(F)(F)F)cc4Cl)cc3Cl)nc2c1. The fourth-order valence-electron chi connectivity index (χ4n) is 2.87. The Kier molecular flexibility index (Phi) is 6.72. The number of halogens is 5. The van der Waals surface area contributed by atoms with Crippen LogP contribution in [0.4, 0.5) is 18.9 Å². The van der Waals surface area contributed by atoms with Crippen molar-refractivity contribution in [2.24, 2.45) is 0 Å². The molecule has 3 aromatic carbocycles. The largest absolute Gasteiger partial charge is 0.416 e. The summed E-state index contributed by atoms with van der Waals surface area (Å²) in [5.74, 6) is 0. The van der Waals surface area contributed by atoms with Gasteiger partial charge in [-0.1, -0.05) is 35.0 Å². The number of rotatable bonds is 5. The lowest BCUT2D eigenvalue weighted by molar-refractivity contribution is -0.137. The van der Waals surface area contributed by atoms with Gasteiger partial charge in [-0.15, -0.1) is 11.3 Å². The molecule has 0 atom stereocenters. The molecule has 0 unspecified atom stereocenters. The van der Waals surface area contributed by atoms with Gasteiger partial charge in [-0.25, -0.2) is 13.4 Å². The van der Waals surface area contributed by atoms with Crippen LogP contribution in [0.25, 0.3) is 10.2 Å². The molecule has 0 saturated heterocycles. The number of sulfonamides is 1. The van der Waals surface area contributed by atoms with Crippen molar-refractivity contribution in [1.29, 1.82) is 5.26 Å². The Morgan fingerprint density at radius 2 is 1.79 bits per heavy atom. The molecule has 4 aromatic rings. The average Bonchev–Trinajstić information content (AvgIpc) is 3.16. The van der Waals surface area contributed by atoms with Crippen LogP contribution in [-0.4, -0.2) is 13.4 Å². The van der Waals surface area contributed by atoms with Crippen LogP contribution in [0.3, 0.4) is 0 Å². The second-order valence-electron chi connectivity index (χ2n) is 6.77. The molecule has 0 amide bonds. The molecule has 0 bridgehead atoms. The van der Waals surface area contributed by atoms with E-state index in [0.717, 1.165) is 10.8 Å². The van der Waals surface area contributed by atoms with Crippen LogP contribution in [0, 0.1) is 11.3 Å². The highest BCUT2D eigenvalue weighted by atomic mass is 35.5. The zero-order chi connectivity index (χ0) is 24.7. The number of nitrogens with one attached hydrogen (secondary N) is 1. The highest BCUT2D eigenvalue weighted by Crippen LogP contribution is 2.39. The van der Waals surface area contributed by atoms with E-state index in [-0.39, 0.29) is 10.7 Å². The number of anilines is 1. The smallest absolute Gasteiger partial charge is 0.280 e. The van der Waals surface area contributed by atoms with Crippen molar-refractivity contribution >= 4 is 72.2 Å². The van der Waals surface area contributed by atoms with Gasteiger partial charge in [0.15, 0.2) is 4.34 Å². The van der Waals surface area contributed by atoms with Gasteiger partial charge < -0.3 is 0 Å². The van der Waals surface area contributed by atoms with Crippen LogP contribution in [0.15, 0.2) is 68.7 Å². The summed E-state index contributed by atoms with van der Waals surface area (Å²) in [6.45, 7) is 0. The minimum absolute atomic E-state index is 0.105. The Balaban J connectivity index is 1.55. The molecule has 1 heterocycles. The van der Waals surface area contributed by atoms with Crippen LogP contribution < -0.4 is 4.72 Å². The molecule has 0 aliphatic rings. The molecule has 1 aromatic heterocycles. The summed E-state index contributed by atoms with van der Waals surface area (Å²) < 4.78 is 67.6. The Morgan fingerprint density at radius 3 is 2.44 bits per heavy atom. The minimum atomic E-state index is -4.65. The number of fused-ring (bicyclic) bond motifs is 1. The third-order valence-electron chi connectivity index (χ3n) is 4.43. The lowest BCUT2D eigenvalue weighted by atomic mass is 10.2. The van der Waals surface area contributed by atoms with Crippen LogP contribution in [0.5, 0.6) is 0 Å². The Bertz CT molecular complexity index is 1570.